The molecule has 4 saturated heterocycles. The normalized spacial score (nSPS) is 27.3. The number of anilines is 2. The third kappa shape index (κ3) is 4.43. The van der Waals surface area contributed by atoms with Crippen molar-refractivity contribution in [2.75, 3.05) is 43.4 Å². The molecular weight excluding hydrogens is 599 g/mol. The molecule has 8 rings (SSSR count). The molecule has 0 saturated carbocycles. The summed E-state index contributed by atoms with van der Waals surface area (Å²) in [5.74, 6) is -0.569. The SMILES string of the molecule is Nc1nc2c(-c3c(Cl)cc4c(N5C6CCNCC5CC6)nc(OCC56CCCN5C[C@H](F)C6)nc4c3F)ccc(F)c2s1. The van der Waals surface area contributed by atoms with E-state index in [1.807, 2.05) is 0 Å². The number of alkyl halides is 1. The van der Waals surface area contributed by atoms with Gasteiger partial charge in [-0.25, -0.2) is 18.2 Å². The minimum absolute atomic E-state index is 0.0527. The molecule has 0 amide bonds. The van der Waals surface area contributed by atoms with Crippen LogP contribution in [0.5, 0.6) is 6.01 Å². The molecule has 3 N–H and O–H groups in total. The van der Waals surface area contributed by atoms with E-state index >= 15 is 4.39 Å². The highest BCUT2D eigenvalue weighted by molar-refractivity contribution is 7.22. The second-order valence-corrected chi connectivity index (χ2v) is 13.7. The molecule has 4 aromatic rings. The number of thiazole rings is 1. The van der Waals surface area contributed by atoms with Crippen LogP contribution in [-0.2, 0) is 0 Å². The topological polar surface area (TPSA) is 92.4 Å². The molecule has 0 radical (unpaired) electrons. The van der Waals surface area contributed by atoms with Gasteiger partial charge in [0.15, 0.2) is 10.9 Å². The van der Waals surface area contributed by atoms with E-state index in [2.05, 4.69) is 25.1 Å². The molecule has 4 aliphatic heterocycles. The molecule has 2 aromatic carbocycles. The van der Waals surface area contributed by atoms with E-state index in [0.717, 1.165) is 63.1 Å². The smallest absolute Gasteiger partial charge is 0.319 e. The Balaban J connectivity index is 1.29. The van der Waals surface area contributed by atoms with Crippen molar-refractivity contribution in [1.29, 1.82) is 0 Å². The molecule has 0 aliphatic carbocycles. The Morgan fingerprint density at radius 3 is 2.88 bits per heavy atom. The van der Waals surface area contributed by atoms with Crippen molar-refractivity contribution >= 4 is 55.0 Å². The van der Waals surface area contributed by atoms with Gasteiger partial charge >= 0.3 is 6.01 Å². The van der Waals surface area contributed by atoms with Crippen LogP contribution in [0.25, 0.3) is 32.2 Å². The van der Waals surface area contributed by atoms with Crippen molar-refractivity contribution in [2.24, 2.45) is 0 Å². The predicted octanol–water partition coefficient (Wildman–Crippen LogP) is 5.71. The van der Waals surface area contributed by atoms with Gasteiger partial charge < -0.3 is 20.7 Å². The Morgan fingerprint density at radius 1 is 1.14 bits per heavy atom. The van der Waals surface area contributed by atoms with Crippen molar-refractivity contribution in [3.05, 3.63) is 34.9 Å². The summed E-state index contributed by atoms with van der Waals surface area (Å²) >= 11 is 7.83. The van der Waals surface area contributed by atoms with Gasteiger partial charge in [0, 0.05) is 48.1 Å². The van der Waals surface area contributed by atoms with Crippen molar-refractivity contribution in [1.82, 2.24) is 25.2 Å². The van der Waals surface area contributed by atoms with Gasteiger partial charge in [-0.05, 0) is 63.4 Å². The molecule has 4 atom stereocenters. The standard InChI is InChI=1S/C30H31ClF3N7OS/c31-20-10-19-24(23(34)22(20)18-4-5-21(33)26-25(18)37-28(35)43-26)38-29(42-14-30-7-1-9-40(30)13-15(32)11-30)39-27(19)41-16-2-3-17(41)12-36-8-6-16/h4-5,10,15-17,36H,1-3,6-9,11-14H2,(H2,35,37)/t15-,16?,17?,30?/m1/s1. The number of nitrogens with two attached hydrogens (primary N) is 1. The molecular formula is C30H31ClF3N7OS. The summed E-state index contributed by atoms with van der Waals surface area (Å²) in [7, 11) is 0. The van der Waals surface area contributed by atoms with E-state index in [0.29, 0.717) is 29.7 Å². The fourth-order valence-corrected chi connectivity index (χ4v) is 8.90. The van der Waals surface area contributed by atoms with Crippen LogP contribution >= 0.6 is 22.9 Å². The first-order valence-corrected chi connectivity index (χ1v) is 16.1. The third-order valence-electron chi connectivity index (χ3n) is 9.75. The van der Waals surface area contributed by atoms with Crippen LogP contribution in [0.3, 0.4) is 0 Å². The van der Waals surface area contributed by atoms with Crippen molar-refractivity contribution < 1.29 is 17.9 Å². The molecule has 4 aliphatic rings. The number of nitrogen functional groups attached to an aromatic ring is 1. The highest BCUT2D eigenvalue weighted by Gasteiger charge is 2.49. The minimum atomic E-state index is -0.897. The maximum absolute atomic E-state index is 16.8. The summed E-state index contributed by atoms with van der Waals surface area (Å²) in [5, 5.41) is 4.30. The summed E-state index contributed by atoms with van der Waals surface area (Å²) in [6.07, 6.45) is 4.25. The maximum atomic E-state index is 16.8. The monoisotopic (exact) mass is 629 g/mol. The van der Waals surface area contributed by atoms with E-state index < -0.39 is 23.3 Å². The van der Waals surface area contributed by atoms with Crippen LogP contribution in [0.15, 0.2) is 18.2 Å². The summed E-state index contributed by atoms with van der Waals surface area (Å²) in [5.41, 5.74) is 6.21. The largest absolute Gasteiger partial charge is 0.461 e. The van der Waals surface area contributed by atoms with Crippen LogP contribution < -0.4 is 20.7 Å². The molecule has 0 spiro atoms. The first kappa shape index (κ1) is 27.6. The van der Waals surface area contributed by atoms with Gasteiger partial charge in [0.25, 0.3) is 0 Å². The Bertz CT molecular complexity index is 1740. The van der Waals surface area contributed by atoms with Gasteiger partial charge in [-0.3, -0.25) is 4.90 Å². The summed E-state index contributed by atoms with van der Waals surface area (Å²) in [6, 6.07) is 4.89. The number of halogens is 4. The van der Waals surface area contributed by atoms with Gasteiger partial charge in [-0.2, -0.15) is 9.97 Å². The average Bonchev–Trinajstić information content (AvgIpc) is 3.69. The molecule has 2 bridgehead atoms. The lowest BCUT2D eigenvalue weighted by Crippen LogP contribution is -2.43. The molecule has 8 nitrogen and oxygen atoms in total. The summed E-state index contributed by atoms with van der Waals surface area (Å²) in [4.78, 5) is 18.2. The van der Waals surface area contributed by atoms with E-state index in [9.17, 15) is 8.78 Å². The number of ether oxygens (including phenoxy) is 1. The van der Waals surface area contributed by atoms with Gasteiger partial charge in [0.05, 0.1) is 20.8 Å². The lowest BCUT2D eigenvalue weighted by Gasteiger charge is -2.32. The van der Waals surface area contributed by atoms with E-state index in [4.69, 9.17) is 27.1 Å². The Labute approximate surface area is 255 Å². The van der Waals surface area contributed by atoms with E-state index in [1.54, 1.807) is 6.07 Å². The molecule has 6 heterocycles. The zero-order chi connectivity index (χ0) is 29.5. The zero-order valence-electron chi connectivity index (χ0n) is 23.4. The Hall–Kier alpha value is -2.93. The van der Waals surface area contributed by atoms with Crippen LogP contribution in [0.4, 0.5) is 24.1 Å². The molecule has 3 unspecified atom stereocenters. The first-order valence-electron chi connectivity index (χ1n) is 14.9. The number of benzene rings is 2. The van der Waals surface area contributed by atoms with Crippen LogP contribution in [-0.4, -0.2) is 76.4 Å². The molecule has 226 valence electrons. The highest BCUT2D eigenvalue weighted by atomic mass is 35.5. The first-order chi connectivity index (χ1) is 20.8. The zero-order valence-corrected chi connectivity index (χ0v) is 25.0. The van der Waals surface area contributed by atoms with Crippen molar-refractivity contribution in [3.63, 3.8) is 0 Å². The second kappa shape index (κ2) is 10.3. The molecule has 43 heavy (non-hydrogen) atoms. The fraction of sp³-hybridized carbons (Fsp3) is 0.500. The number of rotatable bonds is 5. The van der Waals surface area contributed by atoms with E-state index in [1.165, 1.54) is 12.1 Å². The minimum Gasteiger partial charge on any atom is -0.461 e. The molecule has 4 fully saturated rings. The van der Waals surface area contributed by atoms with E-state index in [-0.39, 0.29) is 56.2 Å². The Morgan fingerprint density at radius 2 is 2.00 bits per heavy atom. The van der Waals surface area contributed by atoms with Crippen LogP contribution in [0.2, 0.25) is 5.02 Å². The van der Waals surface area contributed by atoms with Gasteiger partial charge in [0.1, 0.15) is 29.9 Å². The van der Waals surface area contributed by atoms with Crippen molar-refractivity contribution in [2.45, 2.75) is 62.3 Å². The molecule has 13 heteroatoms. The van der Waals surface area contributed by atoms with Gasteiger partial charge in [-0.15, -0.1) is 0 Å². The van der Waals surface area contributed by atoms with Crippen LogP contribution in [0.1, 0.15) is 38.5 Å². The number of nitrogens with zero attached hydrogens (tertiary/aromatic N) is 5. The number of nitrogens with one attached hydrogen (secondary N) is 1. The Kier molecular flexibility index (Phi) is 6.63. The highest BCUT2D eigenvalue weighted by Crippen LogP contribution is 2.45. The number of hydrogen-bond acceptors (Lipinski definition) is 9. The van der Waals surface area contributed by atoms with Gasteiger partial charge in [-0.1, -0.05) is 22.9 Å². The summed E-state index contributed by atoms with van der Waals surface area (Å²) in [6.45, 7) is 3.15. The fourth-order valence-electron chi connectivity index (χ4n) is 7.84. The number of fused-ring (bicyclic) bond motifs is 5. The average molecular weight is 630 g/mol. The molecule has 2 aromatic heterocycles. The maximum Gasteiger partial charge on any atom is 0.319 e. The quantitative estimate of drug-likeness (QED) is 0.290. The van der Waals surface area contributed by atoms with Gasteiger partial charge in [0.2, 0.25) is 0 Å². The lowest BCUT2D eigenvalue weighted by molar-refractivity contribution is 0.107. The number of aromatic nitrogens is 3. The second-order valence-electron chi connectivity index (χ2n) is 12.2. The number of hydrogen-bond donors (Lipinski definition) is 2. The summed E-state index contributed by atoms with van der Waals surface area (Å²) < 4.78 is 52.4. The van der Waals surface area contributed by atoms with Crippen molar-refractivity contribution in [3.8, 4) is 17.1 Å². The predicted molar refractivity (Wildman–Crippen MR) is 163 cm³/mol. The third-order valence-corrected chi connectivity index (χ3v) is 10.9. The lowest BCUT2D eigenvalue weighted by atomic mass is 9.95. The van der Waals surface area contributed by atoms with Crippen LogP contribution in [0, 0.1) is 11.6 Å².